The van der Waals surface area contributed by atoms with Crippen LogP contribution in [0, 0.1) is 13.8 Å². The number of carboxylic acid groups (broad SMARTS) is 1. The quantitative estimate of drug-likeness (QED) is 0.715. The summed E-state index contributed by atoms with van der Waals surface area (Å²) < 4.78 is 27.1. The van der Waals surface area contributed by atoms with Crippen LogP contribution < -0.4 is 4.72 Å². The highest BCUT2D eigenvalue weighted by Crippen LogP contribution is 2.20. The highest BCUT2D eigenvalue weighted by molar-refractivity contribution is 7.98. The van der Waals surface area contributed by atoms with Crippen molar-refractivity contribution < 1.29 is 18.3 Å². The molecule has 0 bridgehead atoms. The first-order valence-electron chi connectivity index (χ1n) is 6.62. The maximum Gasteiger partial charge on any atom is 0.335 e. The third-order valence-electron chi connectivity index (χ3n) is 3.11. The zero-order valence-corrected chi connectivity index (χ0v) is 14.1. The molecule has 2 N–H and O–H groups in total. The summed E-state index contributed by atoms with van der Waals surface area (Å²) in [7, 11) is -3.67. The van der Waals surface area contributed by atoms with Crippen molar-refractivity contribution in [1.82, 2.24) is 4.72 Å². The molecule has 21 heavy (non-hydrogen) atoms. The molecule has 1 aromatic carbocycles. The average molecular weight is 331 g/mol. The zero-order chi connectivity index (χ0) is 16.0. The maximum atomic E-state index is 12.3. The van der Waals surface area contributed by atoms with Crippen LogP contribution in [0.3, 0.4) is 0 Å². The lowest BCUT2D eigenvalue weighted by Gasteiger charge is -2.12. The smallest absolute Gasteiger partial charge is 0.335 e. The highest BCUT2D eigenvalue weighted by atomic mass is 32.2. The molecule has 0 unspecified atom stereocenters. The van der Waals surface area contributed by atoms with E-state index in [-0.39, 0.29) is 10.5 Å². The third kappa shape index (κ3) is 5.01. The molecule has 0 atom stereocenters. The molecule has 0 fully saturated rings. The lowest BCUT2D eigenvalue weighted by atomic mass is 10.1. The first-order chi connectivity index (χ1) is 9.79. The largest absolute Gasteiger partial charge is 0.478 e. The van der Waals surface area contributed by atoms with Gasteiger partial charge in [-0.15, -0.1) is 0 Å². The van der Waals surface area contributed by atoms with Crippen LogP contribution in [-0.2, 0) is 10.0 Å². The average Bonchev–Trinajstić information content (AvgIpc) is 2.37. The predicted molar refractivity (Wildman–Crippen MR) is 85.7 cm³/mol. The fourth-order valence-electron chi connectivity index (χ4n) is 2.01. The van der Waals surface area contributed by atoms with E-state index >= 15 is 0 Å². The van der Waals surface area contributed by atoms with Crippen molar-refractivity contribution in [3.8, 4) is 0 Å². The van der Waals surface area contributed by atoms with Crippen LogP contribution in [0.5, 0.6) is 0 Å². The summed E-state index contributed by atoms with van der Waals surface area (Å²) in [5.41, 5.74) is 1.12. The number of unbranched alkanes of at least 4 members (excludes halogenated alkanes) is 1. The van der Waals surface area contributed by atoms with Crippen molar-refractivity contribution in [3.05, 3.63) is 28.8 Å². The van der Waals surface area contributed by atoms with Crippen LogP contribution in [0.4, 0.5) is 0 Å². The van der Waals surface area contributed by atoms with E-state index in [1.807, 2.05) is 6.26 Å². The summed E-state index contributed by atoms with van der Waals surface area (Å²) in [6.45, 7) is 3.68. The van der Waals surface area contributed by atoms with Gasteiger partial charge in [0.05, 0.1) is 10.5 Å². The van der Waals surface area contributed by atoms with E-state index in [0.717, 1.165) is 18.6 Å². The van der Waals surface area contributed by atoms with Gasteiger partial charge in [-0.1, -0.05) is 6.07 Å². The molecule has 0 spiro atoms. The molecule has 0 aliphatic rings. The molecule has 7 heteroatoms. The number of rotatable bonds is 8. The number of benzene rings is 1. The van der Waals surface area contributed by atoms with Gasteiger partial charge in [0, 0.05) is 6.54 Å². The number of carboxylic acids is 1. The zero-order valence-electron chi connectivity index (χ0n) is 12.5. The third-order valence-corrected chi connectivity index (χ3v) is 5.41. The summed E-state index contributed by atoms with van der Waals surface area (Å²) in [6, 6.07) is 2.82. The van der Waals surface area contributed by atoms with Gasteiger partial charge in [0.25, 0.3) is 0 Å². The van der Waals surface area contributed by atoms with Crippen molar-refractivity contribution in [2.75, 3.05) is 18.6 Å². The SMILES string of the molecule is CSCCCCNS(=O)(=O)c1cc(C(=O)O)c(C)cc1C. The van der Waals surface area contributed by atoms with Crippen molar-refractivity contribution in [2.24, 2.45) is 0 Å². The molecular weight excluding hydrogens is 310 g/mol. The van der Waals surface area contributed by atoms with Gasteiger partial charge in [-0.25, -0.2) is 17.9 Å². The van der Waals surface area contributed by atoms with E-state index in [0.29, 0.717) is 17.7 Å². The van der Waals surface area contributed by atoms with E-state index in [1.165, 1.54) is 6.07 Å². The number of carbonyl (C=O) groups is 1. The van der Waals surface area contributed by atoms with E-state index in [2.05, 4.69) is 4.72 Å². The Morgan fingerprint density at radius 2 is 1.90 bits per heavy atom. The minimum absolute atomic E-state index is 0.0170. The summed E-state index contributed by atoms with van der Waals surface area (Å²) in [6.07, 6.45) is 3.71. The molecular formula is C14H21NO4S2. The second-order valence-corrected chi connectivity index (χ2v) is 7.56. The van der Waals surface area contributed by atoms with Crippen LogP contribution in [0.15, 0.2) is 17.0 Å². The minimum atomic E-state index is -3.67. The maximum absolute atomic E-state index is 12.3. The van der Waals surface area contributed by atoms with Gasteiger partial charge in [0.2, 0.25) is 10.0 Å². The first kappa shape index (κ1) is 18.0. The predicted octanol–water partition coefficient (Wildman–Crippen LogP) is 2.42. The normalized spacial score (nSPS) is 11.6. The van der Waals surface area contributed by atoms with Gasteiger partial charge in [-0.2, -0.15) is 11.8 Å². The molecule has 0 radical (unpaired) electrons. The second kappa shape index (κ2) is 7.82. The van der Waals surface area contributed by atoms with Crippen LogP contribution in [0.2, 0.25) is 0 Å². The lowest BCUT2D eigenvalue weighted by molar-refractivity contribution is 0.0696. The second-order valence-electron chi connectivity index (χ2n) is 4.84. The number of hydrogen-bond donors (Lipinski definition) is 2. The van der Waals surface area contributed by atoms with Crippen molar-refractivity contribution in [2.45, 2.75) is 31.6 Å². The molecule has 0 saturated heterocycles. The van der Waals surface area contributed by atoms with Gasteiger partial charge in [0.15, 0.2) is 0 Å². The lowest BCUT2D eigenvalue weighted by Crippen LogP contribution is -2.26. The molecule has 1 aromatic rings. The van der Waals surface area contributed by atoms with Crippen LogP contribution >= 0.6 is 11.8 Å². The standard InChI is InChI=1S/C14H21NO4S2/c1-10-8-11(2)13(9-12(10)14(16)17)21(18,19)15-6-4-5-7-20-3/h8-9,15H,4-7H2,1-3H3,(H,16,17). The van der Waals surface area contributed by atoms with Crippen LogP contribution in [-0.4, -0.2) is 38.0 Å². The van der Waals surface area contributed by atoms with Crippen molar-refractivity contribution >= 4 is 27.8 Å². The number of hydrogen-bond acceptors (Lipinski definition) is 4. The number of aromatic carboxylic acids is 1. The molecule has 0 heterocycles. The van der Waals surface area contributed by atoms with E-state index < -0.39 is 16.0 Å². The molecule has 0 amide bonds. The number of sulfonamides is 1. The van der Waals surface area contributed by atoms with E-state index in [1.54, 1.807) is 31.7 Å². The van der Waals surface area contributed by atoms with E-state index in [9.17, 15) is 13.2 Å². The van der Waals surface area contributed by atoms with Crippen LogP contribution in [0.25, 0.3) is 0 Å². The first-order valence-corrected chi connectivity index (χ1v) is 9.50. The number of aryl methyl sites for hydroxylation is 2. The number of nitrogens with one attached hydrogen (secondary N) is 1. The van der Waals surface area contributed by atoms with Crippen molar-refractivity contribution in [1.29, 1.82) is 0 Å². The molecule has 0 aromatic heterocycles. The molecule has 1 rings (SSSR count). The van der Waals surface area contributed by atoms with Gasteiger partial charge < -0.3 is 5.11 Å². The van der Waals surface area contributed by atoms with Gasteiger partial charge >= 0.3 is 5.97 Å². The summed E-state index contributed by atoms with van der Waals surface area (Å²) >= 11 is 1.72. The Morgan fingerprint density at radius 1 is 1.24 bits per heavy atom. The van der Waals surface area contributed by atoms with Crippen molar-refractivity contribution in [3.63, 3.8) is 0 Å². The Balaban J connectivity index is 2.92. The number of thioether (sulfide) groups is 1. The molecule has 118 valence electrons. The Kier molecular flexibility index (Phi) is 6.70. The monoisotopic (exact) mass is 331 g/mol. The topological polar surface area (TPSA) is 83.5 Å². The molecule has 0 aliphatic heterocycles. The Hall–Kier alpha value is -1.05. The Labute approximate surface area is 130 Å². The summed E-state index contributed by atoms with van der Waals surface area (Å²) in [4.78, 5) is 11.2. The fraction of sp³-hybridized carbons (Fsp3) is 0.500. The Morgan fingerprint density at radius 3 is 2.48 bits per heavy atom. The Bertz CT molecular complexity index is 612. The van der Waals surface area contributed by atoms with Gasteiger partial charge in [0.1, 0.15) is 0 Å². The molecule has 0 aliphatic carbocycles. The minimum Gasteiger partial charge on any atom is -0.478 e. The van der Waals surface area contributed by atoms with Crippen LogP contribution in [0.1, 0.15) is 34.3 Å². The van der Waals surface area contributed by atoms with Gasteiger partial charge in [-0.05, 0) is 55.9 Å². The fourth-order valence-corrected chi connectivity index (χ4v) is 3.83. The molecule has 5 nitrogen and oxygen atoms in total. The molecule has 0 saturated carbocycles. The summed E-state index contributed by atoms with van der Waals surface area (Å²) in [5, 5.41) is 9.10. The highest BCUT2D eigenvalue weighted by Gasteiger charge is 2.20. The van der Waals surface area contributed by atoms with E-state index in [4.69, 9.17) is 5.11 Å². The summed E-state index contributed by atoms with van der Waals surface area (Å²) in [5.74, 6) is -0.127. The van der Waals surface area contributed by atoms with Gasteiger partial charge in [-0.3, -0.25) is 0 Å².